The maximum atomic E-state index is 13.3. The highest BCUT2D eigenvalue weighted by Gasteiger charge is 2.34. The molecule has 0 bridgehead atoms. The van der Waals surface area contributed by atoms with Crippen LogP contribution in [0.4, 0.5) is 33.7 Å². The van der Waals surface area contributed by atoms with E-state index in [2.05, 4.69) is 15.6 Å². The van der Waals surface area contributed by atoms with Crippen LogP contribution in [0.25, 0.3) is 0 Å². The molecule has 0 unspecified atom stereocenters. The summed E-state index contributed by atoms with van der Waals surface area (Å²) < 4.78 is 63.5. The molecular formula is C26H23F4N3O3. The largest absolute Gasteiger partial charge is 0.493 e. The summed E-state index contributed by atoms with van der Waals surface area (Å²) >= 11 is 0. The van der Waals surface area contributed by atoms with Gasteiger partial charge in [0, 0.05) is 29.9 Å². The SMILES string of the molecule is COc1cc2c(cc1OC)C(Cc1ccc(NC(=O)Nc3ccc(F)cc3C(F)(F)F)cc1)=NCC2. The predicted octanol–water partition coefficient (Wildman–Crippen LogP) is 6.09. The van der Waals surface area contributed by atoms with E-state index in [9.17, 15) is 22.4 Å². The number of benzene rings is 3. The van der Waals surface area contributed by atoms with Crippen molar-refractivity contribution in [3.05, 3.63) is 82.7 Å². The van der Waals surface area contributed by atoms with E-state index < -0.39 is 29.3 Å². The topological polar surface area (TPSA) is 72.0 Å². The number of alkyl halides is 3. The number of fused-ring (bicyclic) bond motifs is 1. The molecule has 1 heterocycles. The molecule has 1 aliphatic rings. The fourth-order valence-corrected chi connectivity index (χ4v) is 3.99. The van der Waals surface area contributed by atoms with E-state index in [1.54, 1.807) is 38.5 Å². The van der Waals surface area contributed by atoms with Crippen molar-refractivity contribution in [2.45, 2.75) is 19.0 Å². The highest BCUT2D eigenvalue weighted by molar-refractivity contribution is 6.04. The summed E-state index contributed by atoms with van der Waals surface area (Å²) in [4.78, 5) is 16.9. The molecule has 3 aromatic carbocycles. The van der Waals surface area contributed by atoms with Crippen LogP contribution in [-0.4, -0.2) is 32.5 Å². The van der Waals surface area contributed by atoms with Crippen molar-refractivity contribution in [3.63, 3.8) is 0 Å². The number of anilines is 2. The second-order valence-corrected chi connectivity index (χ2v) is 8.08. The molecule has 1 aliphatic heterocycles. The highest BCUT2D eigenvalue weighted by atomic mass is 19.4. The average Bonchev–Trinajstić information content (AvgIpc) is 2.85. The Morgan fingerprint density at radius 2 is 1.67 bits per heavy atom. The van der Waals surface area contributed by atoms with Crippen molar-refractivity contribution in [2.75, 3.05) is 31.4 Å². The smallest absolute Gasteiger partial charge is 0.418 e. The maximum absolute atomic E-state index is 13.3. The van der Waals surface area contributed by atoms with Gasteiger partial charge in [-0.05, 0) is 60.0 Å². The molecule has 2 N–H and O–H groups in total. The number of urea groups is 1. The molecule has 0 atom stereocenters. The predicted molar refractivity (Wildman–Crippen MR) is 129 cm³/mol. The zero-order valence-corrected chi connectivity index (χ0v) is 19.5. The van der Waals surface area contributed by atoms with Gasteiger partial charge in [-0.25, -0.2) is 9.18 Å². The maximum Gasteiger partial charge on any atom is 0.418 e. The summed E-state index contributed by atoms with van der Waals surface area (Å²) in [6.45, 7) is 0.654. The van der Waals surface area contributed by atoms with Crippen LogP contribution in [0.15, 0.2) is 59.6 Å². The van der Waals surface area contributed by atoms with Gasteiger partial charge in [0.15, 0.2) is 11.5 Å². The van der Waals surface area contributed by atoms with Gasteiger partial charge >= 0.3 is 12.2 Å². The lowest BCUT2D eigenvalue weighted by Crippen LogP contribution is -2.22. The van der Waals surface area contributed by atoms with E-state index in [0.717, 1.165) is 41.0 Å². The summed E-state index contributed by atoms with van der Waals surface area (Å²) in [5.74, 6) is 0.229. The fraction of sp³-hybridized carbons (Fsp3) is 0.231. The third-order valence-electron chi connectivity index (χ3n) is 5.72. The minimum absolute atomic E-state index is 0.336. The van der Waals surface area contributed by atoms with Crippen LogP contribution in [0.1, 0.15) is 22.3 Å². The fourth-order valence-electron chi connectivity index (χ4n) is 3.99. The van der Waals surface area contributed by atoms with Crippen LogP contribution in [0.2, 0.25) is 0 Å². The van der Waals surface area contributed by atoms with Crippen molar-refractivity contribution < 1.29 is 31.8 Å². The molecule has 2 amide bonds. The van der Waals surface area contributed by atoms with Crippen molar-refractivity contribution in [3.8, 4) is 11.5 Å². The molecule has 6 nitrogen and oxygen atoms in total. The zero-order chi connectivity index (χ0) is 25.9. The standard InChI is InChI=1S/C26H23F4N3O3/c1-35-23-12-16-9-10-31-22(19(16)14-24(23)36-2)11-15-3-6-18(7-4-15)32-25(34)33-21-8-5-17(27)13-20(21)26(28,29)30/h3-8,12-14H,9-11H2,1-2H3,(H2,32,33,34). The van der Waals surface area contributed by atoms with Crippen LogP contribution in [-0.2, 0) is 19.0 Å². The Labute approximate surface area is 205 Å². The van der Waals surface area contributed by atoms with E-state index in [4.69, 9.17) is 9.47 Å². The molecule has 0 aliphatic carbocycles. The molecular weight excluding hydrogens is 478 g/mol. The van der Waals surface area contributed by atoms with Crippen molar-refractivity contribution in [2.24, 2.45) is 4.99 Å². The third-order valence-corrected chi connectivity index (χ3v) is 5.72. The number of carbonyl (C=O) groups excluding carboxylic acids is 1. The number of ether oxygens (including phenoxy) is 2. The lowest BCUT2D eigenvalue weighted by atomic mass is 9.93. The number of rotatable bonds is 6. The van der Waals surface area contributed by atoms with E-state index in [0.29, 0.717) is 36.2 Å². The van der Waals surface area contributed by atoms with Crippen LogP contribution in [0.5, 0.6) is 11.5 Å². The lowest BCUT2D eigenvalue weighted by Gasteiger charge is -2.20. The monoisotopic (exact) mass is 501 g/mol. The highest BCUT2D eigenvalue weighted by Crippen LogP contribution is 2.35. The van der Waals surface area contributed by atoms with Gasteiger partial charge in [-0.1, -0.05) is 12.1 Å². The minimum atomic E-state index is -4.82. The minimum Gasteiger partial charge on any atom is -0.493 e. The number of nitrogens with one attached hydrogen (secondary N) is 2. The number of aliphatic imine (C=N–C) groups is 1. The van der Waals surface area contributed by atoms with Crippen LogP contribution < -0.4 is 20.1 Å². The first kappa shape index (κ1) is 25.0. The molecule has 0 spiro atoms. The van der Waals surface area contributed by atoms with Crippen molar-refractivity contribution in [1.82, 2.24) is 0 Å². The number of carbonyl (C=O) groups is 1. The number of amides is 2. The first-order valence-corrected chi connectivity index (χ1v) is 11.0. The number of hydrogen-bond donors (Lipinski definition) is 2. The normalized spacial score (nSPS) is 12.9. The molecule has 0 aromatic heterocycles. The van der Waals surface area contributed by atoms with Gasteiger partial charge < -0.3 is 20.1 Å². The van der Waals surface area contributed by atoms with Gasteiger partial charge in [0.05, 0.1) is 25.5 Å². The van der Waals surface area contributed by atoms with Crippen molar-refractivity contribution in [1.29, 1.82) is 0 Å². The Morgan fingerprint density at radius 1 is 0.972 bits per heavy atom. The van der Waals surface area contributed by atoms with Gasteiger partial charge in [0.25, 0.3) is 0 Å². The molecule has 3 aromatic rings. The Morgan fingerprint density at radius 3 is 2.33 bits per heavy atom. The van der Waals surface area contributed by atoms with Crippen molar-refractivity contribution >= 4 is 23.1 Å². The molecule has 0 fully saturated rings. The number of hydrogen-bond acceptors (Lipinski definition) is 4. The van der Waals surface area contributed by atoms with Gasteiger partial charge in [0.2, 0.25) is 0 Å². The molecule has 36 heavy (non-hydrogen) atoms. The van der Waals surface area contributed by atoms with E-state index in [1.807, 2.05) is 12.1 Å². The van der Waals surface area contributed by atoms with E-state index >= 15 is 0 Å². The molecule has 0 radical (unpaired) electrons. The lowest BCUT2D eigenvalue weighted by molar-refractivity contribution is -0.137. The van der Waals surface area contributed by atoms with Gasteiger partial charge in [0.1, 0.15) is 5.82 Å². The van der Waals surface area contributed by atoms with Crippen LogP contribution in [0.3, 0.4) is 0 Å². The molecule has 0 saturated heterocycles. The molecule has 188 valence electrons. The van der Waals surface area contributed by atoms with Crippen LogP contribution >= 0.6 is 0 Å². The summed E-state index contributed by atoms with van der Waals surface area (Å²) in [5, 5.41) is 4.61. The Balaban J connectivity index is 1.44. The number of methoxy groups -OCH3 is 2. The Hall–Kier alpha value is -4.08. The summed E-state index contributed by atoms with van der Waals surface area (Å²) in [7, 11) is 3.17. The first-order valence-electron chi connectivity index (χ1n) is 11.0. The van der Waals surface area contributed by atoms with Crippen LogP contribution in [0, 0.1) is 5.82 Å². The van der Waals surface area contributed by atoms with Gasteiger partial charge in [-0.15, -0.1) is 0 Å². The first-order chi connectivity index (χ1) is 17.2. The second kappa shape index (κ2) is 10.3. The summed E-state index contributed by atoms with van der Waals surface area (Å²) in [5.41, 5.74) is 2.50. The summed E-state index contributed by atoms with van der Waals surface area (Å²) in [6.07, 6.45) is -3.48. The molecule has 0 saturated carbocycles. The Kier molecular flexibility index (Phi) is 7.14. The zero-order valence-electron chi connectivity index (χ0n) is 19.5. The van der Waals surface area contributed by atoms with Gasteiger partial charge in [-0.2, -0.15) is 13.2 Å². The van der Waals surface area contributed by atoms with E-state index in [-0.39, 0.29) is 0 Å². The quantitative estimate of drug-likeness (QED) is 0.402. The molecule has 4 rings (SSSR count). The van der Waals surface area contributed by atoms with Gasteiger partial charge in [-0.3, -0.25) is 4.99 Å². The average molecular weight is 501 g/mol. The number of halogens is 4. The van der Waals surface area contributed by atoms with E-state index in [1.165, 1.54) is 0 Å². The molecule has 10 heteroatoms. The summed E-state index contributed by atoms with van der Waals surface area (Å²) in [6, 6.07) is 11.9. The second-order valence-electron chi connectivity index (χ2n) is 8.08. The number of nitrogens with zero attached hydrogens (tertiary/aromatic N) is 1. The Bertz CT molecular complexity index is 1310. The third kappa shape index (κ3) is 5.59.